The number of hydrogen-bond acceptors (Lipinski definition) is 3. The molecule has 0 aromatic heterocycles. The first-order valence-corrected chi connectivity index (χ1v) is 4.32. The van der Waals surface area contributed by atoms with Gasteiger partial charge in [-0.1, -0.05) is 17.7 Å². The van der Waals surface area contributed by atoms with Crippen LogP contribution in [0.1, 0.15) is 11.6 Å². The zero-order valence-electron chi connectivity index (χ0n) is 7.66. The summed E-state index contributed by atoms with van der Waals surface area (Å²) in [5.74, 6) is -0.00696. The second kappa shape index (κ2) is 4.30. The molecule has 0 fully saturated rings. The van der Waals surface area contributed by atoms with Gasteiger partial charge >= 0.3 is 0 Å². The van der Waals surface area contributed by atoms with E-state index in [1.54, 1.807) is 18.2 Å². The van der Waals surface area contributed by atoms with Crippen LogP contribution < -0.4 is 16.2 Å². The number of amides is 1. The van der Waals surface area contributed by atoms with E-state index in [9.17, 15) is 4.79 Å². The molecule has 76 valence electrons. The fraction of sp³-hybridized carbons (Fsp3) is 0.222. The number of nitrogens with two attached hydrogens (primary N) is 2. The zero-order valence-corrected chi connectivity index (χ0v) is 8.41. The summed E-state index contributed by atoms with van der Waals surface area (Å²) in [6, 6.07) is 3.99. The van der Waals surface area contributed by atoms with Crippen LogP contribution in [0.5, 0.6) is 5.75 Å². The van der Waals surface area contributed by atoms with E-state index in [1.807, 2.05) is 0 Å². The van der Waals surface area contributed by atoms with Crippen molar-refractivity contribution in [3.63, 3.8) is 0 Å². The normalized spacial score (nSPS) is 12.2. The van der Waals surface area contributed by atoms with Crippen molar-refractivity contribution >= 4 is 17.5 Å². The van der Waals surface area contributed by atoms with E-state index in [0.29, 0.717) is 16.3 Å². The standard InChI is InChI=1S/C9H11ClN2O2/c1-14-5-2-3-6(7(10)4-5)8(11)9(12)13/h2-4,8H,11H2,1H3,(H2,12,13). The van der Waals surface area contributed by atoms with Gasteiger partial charge in [0.25, 0.3) is 0 Å². The van der Waals surface area contributed by atoms with E-state index in [4.69, 9.17) is 27.8 Å². The molecule has 1 amide bonds. The van der Waals surface area contributed by atoms with Crippen LogP contribution in [0.2, 0.25) is 5.02 Å². The molecule has 0 radical (unpaired) electrons. The SMILES string of the molecule is COc1ccc(C(N)C(N)=O)c(Cl)c1. The third-order valence-electron chi connectivity index (χ3n) is 1.85. The maximum atomic E-state index is 10.8. The van der Waals surface area contributed by atoms with Crippen LogP contribution in [0.4, 0.5) is 0 Å². The third-order valence-corrected chi connectivity index (χ3v) is 2.18. The van der Waals surface area contributed by atoms with Crippen LogP contribution in [0.25, 0.3) is 0 Å². The van der Waals surface area contributed by atoms with Gasteiger partial charge < -0.3 is 16.2 Å². The van der Waals surface area contributed by atoms with Crippen molar-refractivity contribution in [3.8, 4) is 5.75 Å². The Morgan fingerprint density at radius 3 is 2.64 bits per heavy atom. The molecule has 1 unspecified atom stereocenters. The van der Waals surface area contributed by atoms with Crippen molar-refractivity contribution in [2.45, 2.75) is 6.04 Å². The fourth-order valence-corrected chi connectivity index (χ4v) is 1.33. The zero-order chi connectivity index (χ0) is 10.7. The highest BCUT2D eigenvalue weighted by Crippen LogP contribution is 2.25. The lowest BCUT2D eigenvalue weighted by Crippen LogP contribution is -2.28. The van der Waals surface area contributed by atoms with Crippen LogP contribution >= 0.6 is 11.6 Å². The molecule has 14 heavy (non-hydrogen) atoms. The summed E-state index contributed by atoms with van der Waals surface area (Å²) in [6.45, 7) is 0. The second-order valence-electron chi connectivity index (χ2n) is 2.77. The topological polar surface area (TPSA) is 78.3 Å². The number of halogens is 1. The number of primary amides is 1. The van der Waals surface area contributed by atoms with E-state index in [2.05, 4.69) is 0 Å². The molecule has 4 N–H and O–H groups in total. The van der Waals surface area contributed by atoms with Crippen molar-refractivity contribution in [3.05, 3.63) is 28.8 Å². The van der Waals surface area contributed by atoms with Gasteiger partial charge in [-0.25, -0.2) is 0 Å². The van der Waals surface area contributed by atoms with E-state index in [0.717, 1.165) is 0 Å². The average molecular weight is 215 g/mol. The van der Waals surface area contributed by atoms with Crippen LogP contribution in [-0.2, 0) is 4.79 Å². The molecule has 0 saturated carbocycles. The van der Waals surface area contributed by atoms with Crippen LogP contribution in [0.3, 0.4) is 0 Å². The predicted molar refractivity (Wildman–Crippen MR) is 54.1 cm³/mol. The first-order valence-electron chi connectivity index (χ1n) is 3.94. The monoisotopic (exact) mass is 214 g/mol. The van der Waals surface area contributed by atoms with Crippen molar-refractivity contribution in [1.29, 1.82) is 0 Å². The minimum atomic E-state index is -0.881. The fourth-order valence-electron chi connectivity index (χ4n) is 1.04. The lowest BCUT2D eigenvalue weighted by Gasteiger charge is -2.10. The van der Waals surface area contributed by atoms with Crippen LogP contribution in [0, 0.1) is 0 Å². The molecule has 1 rings (SSSR count). The molecule has 0 bridgehead atoms. The maximum absolute atomic E-state index is 10.8. The van der Waals surface area contributed by atoms with Gasteiger partial charge in [0.15, 0.2) is 0 Å². The lowest BCUT2D eigenvalue weighted by atomic mass is 10.1. The summed E-state index contributed by atoms with van der Waals surface area (Å²) in [5.41, 5.74) is 11.1. The Bertz CT molecular complexity index is 355. The minimum absolute atomic E-state index is 0.371. The average Bonchev–Trinajstić information content (AvgIpc) is 2.16. The third kappa shape index (κ3) is 2.16. The summed E-state index contributed by atoms with van der Waals surface area (Å²) in [4.78, 5) is 10.8. The van der Waals surface area contributed by atoms with Crippen molar-refractivity contribution in [1.82, 2.24) is 0 Å². The molecule has 0 saturated heterocycles. The Balaban J connectivity index is 3.05. The minimum Gasteiger partial charge on any atom is -0.497 e. The quantitative estimate of drug-likeness (QED) is 0.783. The van der Waals surface area contributed by atoms with E-state index >= 15 is 0 Å². The number of methoxy groups -OCH3 is 1. The highest BCUT2D eigenvalue weighted by Gasteiger charge is 2.15. The summed E-state index contributed by atoms with van der Waals surface area (Å²) >= 11 is 5.88. The molecule has 0 aliphatic rings. The first-order chi connectivity index (χ1) is 6.56. The number of carbonyl (C=O) groups excluding carboxylic acids is 1. The number of benzene rings is 1. The van der Waals surface area contributed by atoms with E-state index in [-0.39, 0.29) is 0 Å². The van der Waals surface area contributed by atoms with Gasteiger partial charge in [-0.05, 0) is 17.7 Å². The molecule has 1 atom stereocenters. The number of ether oxygens (including phenoxy) is 1. The Kier molecular flexibility index (Phi) is 3.33. The molecule has 1 aromatic rings. The van der Waals surface area contributed by atoms with Crippen molar-refractivity contribution < 1.29 is 9.53 Å². The van der Waals surface area contributed by atoms with Crippen LogP contribution in [0.15, 0.2) is 18.2 Å². The van der Waals surface area contributed by atoms with Gasteiger partial charge in [0, 0.05) is 5.02 Å². The molecule has 5 heteroatoms. The Hall–Kier alpha value is -1.26. The van der Waals surface area contributed by atoms with Gasteiger partial charge in [0.2, 0.25) is 5.91 Å². The lowest BCUT2D eigenvalue weighted by molar-refractivity contribution is -0.119. The predicted octanol–water partition coefficient (Wildman–Crippen LogP) is 0.834. The molecule has 1 aromatic carbocycles. The van der Waals surface area contributed by atoms with E-state index < -0.39 is 11.9 Å². The highest BCUT2D eigenvalue weighted by atomic mass is 35.5. The Morgan fingerprint density at radius 1 is 1.57 bits per heavy atom. The highest BCUT2D eigenvalue weighted by molar-refractivity contribution is 6.31. The largest absolute Gasteiger partial charge is 0.497 e. The van der Waals surface area contributed by atoms with Crippen LogP contribution in [-0.4, -0.2) is 13.0 Å². The molecular formula is C9H11ClN2O2. The molecule has 0 aliphatic heterocycles. The Labute approximate surface area is 86.8 Å². The van der Waals surface area contributed by atoms with Gasteiger partial charge in [-0.15, -0.1) is 0 Å². The summed E-state index contributed by atoms with van der Waals surface area (Å²) in [5, 5.41) is 0.371. The van der Waals surface area contributed by atoms with Crippen molar-refractivity contribution in [2.75, 3.05) is 7.11 Å². The molecule has 4 nitrogen and oxygen atoms in total. The van der Waals surface area contributed by atoms with Gasteiger partial charge in [-0.3, -0.25) is 4.79 Å². The number of carbonyl (C=O) groups is 1. The summed E-state index contributed by atoms with van der Waals surface area (Å²) < 4.78 is 4.95. The number of hydrogen-bond donors (Lipinski definition) is 2. The first kappa shape index (κ1) is 10.8. The van der Waals surface area contributed by atoms with Crippen molar-refractivity contribution in [2.24, 2.45) is 11.5 Å². The van der Waals surface area contributed by atoms with Gasteiger partial charge in [0.05, 0.1) is 7.11 Å². The van der Waals surface area contributed by atoms with Gasteiger partial charge in [-0.2, -0.15) is 0 Å². The van der Waals surface area contributed by atoms with Gasteiger partial charge in [0.1, 0.15) is 11.8 Å². The smallest absolute Gasteiger partial charge is 0.238 e. The summed E-state index contributed by atoms with van der Waals surface area (Å²) in [6.07, 6.45) is 0. The molecule has 0 aliphatic carbocycles. The molecule has 0 spiro atoms. The molecular weight excluding hydrogens is 204 g/mol. The summed E-state index contributed by atoms with van der Waals surface area (Å²) in [7, 11) is 1.53. The number of rotatable bonds is 3. The molecule has 0 heterocycles. The Morgan fingerprint density at radius 2 is 2.21 bits per heavy atom. The van der Waals surface area contributed by atoms with E-state index in [1.165, 1.54) is 7.11 Å². The maximum Gasteiger partial charge on any atom is 0.238 e. The second-order valence-corrected chi connectivity index (χ2v) is 3.17.